The first-order valence-electron chi connectivity index (χ1n) is 20.3. The van der Waals surface area contributed by atoms with Gasteiger partial charge in [0.25, 0.3) is 0 Å². The van der Waals surface area contributed by atoms with Gasteiger partial charge in [-0.3, -0.25) is 0 Å². The summed E-state index contributed by atoms with van der Waals surface area (Å²) in [6, 6.07) is 54.5. The zero-order valence-electron chi connectivity index (χ0n) is 36.0. The molecule has 56 heavy (non-hydrogen) atoms. The maximum atomic E-state index is 2.33. The molecule has 0 aliphatic rings. The molecule has 0 nitrogen and oxygen atoms in total. The minimum absolute atomic E-state index is 0.111. The van der Waals surface area contributed by atoms with Crippen molar-refractivity contribution in [2.24, 2.45) is 0 Å². The van der Waals surface area contributed by atoms with E-state index in [1.54, 1.807) is 0 Å². The third-order valence-corrected chi connectivity index (χ3v) is 11.0. The molecule has 0 radical (unpaired) electrons. The molecule has 0 unspecified atom stereocenters. The first-order valence-corrected chi connectivity index (χ1v) is 20.3. The molecule has 0 saturated carbocycles. The second-order valence-electron chi connectivity index (χ2n) is 19.7. The van der Waals surface area contributed by atoms with E-state index >= 15 is 0 Å². The van der Waals surface area contributed by atoms with Crippen molar-refractivity contribution in [2.45, 2.75) is 105 Å². The highest BCUT2D eigenvalue weighted by molar-refractivity contribution is 5.93. The molecular weight excluding hydrogens is 673 g/mol. The van der Waals surface area contributed by atoms with Crippen LogP contribution in [0.4, 0.5) is 0 Å². The van der Waals surface area contributed by atoms with Gasteiger partial charge in [0.1, 0.15) is 0 Å². The standard InChI is InChI=1S/C56H62/c1-53(2,3)47-29-21-43(22-30-47)51(44-23-31-48(32-24-44)54(4,5)6)37-39-13-17-41(18-14-39)42-19-15-40(16-20-42)38-52(45-25-33-49(34-26-45)55(7,8)9)46-27-35-50(36-28-46)56(10,11)12/h13-38H,1-12H3. The van der Waals surface area contributed by atoms with E-state index < -0.39 is 0 Å². The van der Waals surface area contributed by atoms with E-state index in [1.165, 1.54) is 77.9 Å². The Morgan fingerprint density at radius 3 is 0.643 bits per heavy atom. The van der Waals surface area contributed by atoms with Crippen LogP contribution < -0.4 is 0 Å². The Morgan fingerprint density at radius 1 is 0.268 bits per heavy atom. The molecule has 0 heterocycles. The van der Waals surface area contributed by atoms with Crippen LogP contribution in [0.2, 0.25) is 0 Å². The molecule has 286 valence electrons. The molecule has 0 fully saturated rings. The minimum atomic E-state index is 0.111. The third-order valence-electron chi connectivity index (χ3n) is 11.0. The largest absolute Gasteiger partial charge is 0.0579 e. The average molecular weight is 735 g/mol. The average Bonchev–Trinajstić information content (AvgIpc) is 3.15. The van der Waals surface area contributed by atoms with Crippen LogP contribution in [0.5, 0.6) is 0 Å². The van der Waals surface area contributed by atoms with Crippen LogP contribution >= 0.6 is 0 Å². The summed E-state index contributed by atoms with van der Waals surface area (Å²) in [5, 5.41) is 0. The van der Waals surface area contributed by atoms with Gasteiger partial charge in [-0.25, -0.2) is 0 Å². The lowest BCUT2D eigenvalue weighted by Crippen LogP contribution is -2.11. The molecule has 0 heteroatoms. The smallest absolute Gasteiger partial charge is 0.0105 e. The fraction of sp³-hybridized carbons (Fsp3) is 0.286. The highest BCUT2D eigenvalue weighted by Crippen LogP contribution is 2.34. The Morgan fingerprint density at radius 2 is 0.464 bits per heavy atom. The van der Waals surface area contributed by atoms with Crippen LogP contribution in [0.25, 0.3) is 34.4 Å². The molecule has 0 N–H and O–H groups in total. The zero-order valence-corrected chi connectivity index (χ0v) is 36.0. The molecule has 6 aromatic rings. The highest BCUT2D eigenvalue weighted by atomic mass is 14.2. The summed E-state index contributed by atoms with van der Waals surface area (Å²) in [4.78, 5) is 0. The summed E-state index contributed by atoms with van der Waals surface area (Å²) in [5.41, 5.74) is 18.0. The second-order valence-corrected chi connectivity index (χ2v) is 19.7. The molecule has 0 aliphatic carbocycles. The fourth-order valence-electron chi connectivity index (χ4n) is 7.14. The summed E-state index contributed by atoms with van der Waals surface area (Å²) in [6.07, 6.45) is 4.67. The highest BCUT2D eigenvalue weighted by Gasteiger charge is 2.18. The SMILES string of the molecule is CC(C)(C)c1ccc(C(=Cc2ccc(-c3ccc(C=C(c4ccc(C(C)(C)C)cc4)c4ccc(C(C)(C)C)cc4)cc3)cc2)c2ccc(C(C)(C)C)cc2)cc1. The van der Waals surface area contributed by atoms with Crippen molar-refractivity contribution in [3.63, 3.8) is 0 Å². The molecule has 6 aromatic carbocycles. The number of hydrogen-bond donors (Lipinski definition) is 0. The maximum absolute atomic E-state index is 2.33. The minimum Gasteiger partial charge on any atom is -0.0579 e. The zero-order chi connectivity index (χ0) is 40.5. The van der Waals surface area contributed by atoms with E-state index in [9.17, 15) is 0 Å². The number of hydrogen-bond acceptors (Lipinski definition) is 0. The van der Waals surface area contributed by atoms with Crippen molar-refractivity contribution in [1.29, 1.82) is 0 Å². The first kappa shape index (κ1) is 40.5. The molecule has 0 atom stereocenters. The van der Waals surface area contributed by atoms with Crippen molar-refractivity contribution >= 4 is 23.3 Å². The topological polar surface area (TPSA) is 0 Å². The number of benzene rings is 6. The Bertz CT molecular complexity index is 1990. The monoisotopic (exact) mass is 734 g/mol. The molecule has 0 aliphatic heterocycles. The molecule has 0 saturated heterocycles. The maximum Gasteiger partial charge on any atom is -0.0105 e. The van der Waals surface area contributed by atoms with Crippen LogP contribution in [0.1, 0.15) is 139 Å². The molecule has 6 rings (SSSR count). The molecular formula is C56H62. The van der Waals surface area contributed by atoms with Gasteiger partial charge in [-0.05, 0) is 112 Å². The van der Waals surface area contributed by atoms with Crippen LogP contribution in [0, 0.1) is 0 Å². The Kier molecular flexibility index (Phi) is 11.4. The lowest BCUT2D eigenvalue weighted by Gasteiger charge is -2.21. The van der Waals surface area contributed by atoms with Gasteiger partial charge in [-0.2, -0.15) is 0 Å². The molecule has 0 aromatic heterocycles. The lowest BCUT2D eigenvalue weighted by molar-refractivity contribution is 0.590. The Labute approximate surface area is 339 Å². The van der Waals surface area contributed by atoms with E-state index in [0.29, 0.717) is 0 Å². The quantitative estimate of drug-likeness (QED) is 0.143. The third kappa shape index (κ3) is 9.78. The van der Waals surface area contributed by atoms with Gasteiger partial charge in [0.15, 0.2) is 0 Å². The van der Waals surface area contributed by atoms with Gasteiger partial charge in [-0.1, -0.05) is 229 Å². The second kappa shape index (κ2) is 15.7. The van der Waals surface area contributed by atoms with Gasteiger partial charge in [0.2, 0.25) is 0 Å². The van der Waals surface area contributed by atoms with Crippen LogP contribution in [0.3, 0.4) is 0 Å². The van der Waals surface area contributed by atoms with Crippen LogP contribution in [-0.4, -0.2) is 0 Å². The Balaban J connectivity index is 1.31. The molecule has 0 spiro atoms. The van der Waals surface area contributed by atoms with Crippen LogP contribution in [-0.2, 0) is 21.7 Å². The van der Waals surface area contributed by atoms with E-state index in [0.717, 1.165) is 0 Å². The van der Waals surface area contributed by atoms with Gasteiger partial charge >= 0.3 is 0 Å². The normalized spacial score (nSPS) is 12.3. The van der Waals surface area contributed by atoms with E-state index in [1.807, 2.05) is 0 Å². The summed E-state index contributed by atoms with van der Waals surface area (Å²) in [6.45, 7) is 27.2. The summed E-state index contributed by atoms with van der Waals surface area (Å²) in [7, 11) is 0. The van der Waals surface area contributed by atoms with Crippen molar-refractivity contribution in [3.05, 3.63) is 201 Å². The van der Waals surface area contributed by atoms with Crippen molar-refractivity contribution in [1.82, 2.24) is 0 Å². The summed E-state index contributed by atoms with van der Waals surface area (Å²) < 4.78 is 0. The van der Waals surface area contributed by atoms with Crippen molar-refractivity contribution in [2.75, 3.05) is 0 Å². The fourth-order valence-corrected chi connectivity index (χ4v) is 7.14. The van der Waals surface area contributed by atoms with E-state index in [2.05, 4.69) is 241 Å². The van der Waals surface area contributed by atoms with Crippen molar-refractivity contribution in [3.8, 4) is 11.1 Å². The van der Waals surface area contributed by atoms with Gasteiger partial charge in [0.05, 0.1) is 0 Å². The van der Waals surface area contributed by atoms with Gasteiger partial charge < -0.3 is 0 Å². The predicted octanol–water partition coefficient (Wildman–Crippen LogP) is 15.7. The van der Waals surface area contributed by atoms with E-state index in [-0.39, 0.29) is 21.7 Å². The van der Waals surface area contributed by atoms with Gasteiger partial charge in [-0.15, -0.1) is 0 Å². The summed E-state index contributed by atoms with van der Waals surface area (Å²) >= 11 is 0. The van der Waals surface area contributed by atoms with Gasteiger partial charge in [0, 0.05) is 0 Å². The van der Waals surface area contributed by atoms with Crippen LogP contribution in [0.15, 0.2) is 146 Å². The first-order chi connectivity index (χ1) is 26.3. The van der Waals surface area contributed by atoms with Crippen molar-refractivity contribution < 1.29 is 0 Å². The number of rotatable bonds is 7. The molecule has 0 bridgehead atoms. The molecule has 0 amide bonds. The predicted molar refractivity (Wildman–Crippen MR) is 246 cm³/mol. The van der Waals surface area contributed by atoms with E-state index in [4.69, 9.17) is 0 Å². The Hall–Kier alpha value is -5.20. The summed E-state index contributed by atoms with van der Waals surface area (Å²) in [5.74, 6) is 0. The lowest BCUT2D eigenvalue weighted by atomic mass is 9.84.